The number of hydrogen-bond donors (Lipinski definition) is 2. The fourth-order valence-corrected chi connectivity index (χ4v) is 2.44. The Bertz CT molecular complexity index is 466. The summed E-state index contributed by atoms with van der Waals surface area (Å²) in [6, 6.07) is 5.69. The molecule has 0 saturated carbocycles. The lowest BCUT2D eigenvalue weighted by molar-refractivity contribution is 1.03. The minimum atomic E-state index is 0.178. The Labute approximate surface area is 104 Å². The van der Waals surface area contributed by atoms with Crippen LogP contribution in [0.2, 0.25) is 0 Å². The minimum Gasteiger partial charge on any atom is -0.383 e. The summed E-state index contributed by atoms with van der Waals surface area (Å²) in [6.45, 7) is 3.99. The molecule has 0 amide bonds. The van der Waals surface area contributed by atoms with E-state index in [0.717, 1.165) is 16.3 Å². The standard InChI is InChI=1S/C11H13N5S/c1-6-3-7(2)14-9(4-6)17-10-5-8(12)15-11(13)16-10/h3-5H,1-2H3,(H4,12,13,15,16). The van der Waals surface area contributed by atoms with Crippen LogP contribution in [0.1, 0.15) is 11.3 Å². The van der Waals surface area contributed by atoms with E-state index >= 15 is 0 Å². The van der Waals surface area contributed by atoms with Crippen LogP contribution in [-0.4, -0.2) is 15.0 Å². The highest BCUT2D eigenvalue weighted by molar-refractivity contribution is 7.99. The zero-order chi connectivity index (χ0) is 12.4. The van der Waals surface area contributed by atoms with Crippen molar-refractivity contribution in [2.75, 3.05) is 11.5 Å². The van der Waals surface area contributed by atoms with Gasteiger partial charge in [0.15, 0.2) is 0 Å². The first-order valence-electron chi connectivity index (χ1n) is 5.06. The lowest BCUT2D eigenvalue weighted by Crippen LogP contribution is -2.00. The van der Waals surface area contributed by atoms with Gasteiger partial charge in [-0.1, -0.05) is 0 Å². The number of nitrogen functional groups attached to an aromatic ring is 2. The van der Waals surface area contributed by atoms with Crippen LogP contribution in [0.25, 0.3) is 0 Å². The van der Waals surface area contributed by atoms with Crippen molar-refractivity contribution < 1.29 is 0 Å². The quantitative estimate of drug-likeness (QED) is 0.786. The zero-order valence-corrected chi connectivity index (χ0v) is 10.5. The third-order valence-corrected chi connectivity index (χ3v) is 2.86. The van der Waals surface area contributed by atoms with E-state index < -0.39 is 0 Å². The first kappa shape index (κ1) is 11.7. The summed E-state index contributed by atoms with van der Waals surface area (Å²) < 4.78 is 0. The van der Waals surface area contributed by atoms with Gasteiger partial charge in [0, 0.05) is 11.8 Å². The summed E-state index contributed by atoms with van der Waals surface area (Å²) in [4.78, 5) is 12.3. The second kappa shape index (κ2) is 4.58. The topological polar surface area (TPSA) is 90.7 Å². The molecule has 2 aromatic heterocycles. The van der Waals surface area contributed by atoms with Gasteiger partial charge < -0.3 is 11.5 Å². The molecule has 0 saturated heterocycles. The van der Waals surface area contributed by atoms with E-state index in [1.807, 2.05) is 26.0 Å². The van der Waals surface area contributed by atoms with Gasteiger partial charge in [0.25, 0.3) is 0 Å². The Balaban J connectivity index is 2.31. The van der Waals surface area contributed by atoms with Crippen LogP contribution < -0.4 is 11.5 Å². The highest BCUT2D eigenvalue weighted by Gasteiger charge is 2.04. The molecule has 0 aliphatic heterocycles. The Morgan fingerprint density at radius 1 is 0.941 bits per heavy atom. The van der Waals surface area contributed by atoms with Crippen LogP contribution in [0.4, 0.5) is 11.8 Å². The minimum absolute atomic E-state index is 0.178. The van der Waals surface area contributed by atoms with Crippen molar-refractivity contribution >= 4 is 23.5 Å². The van der Waals surface area contributed by atoms with E-state index in [0.29, 0.717) is 10.8 Å². The van der Waals surface area contributed by atoms with Crippen molar-refractivity contribution in [3.8, 4) is 0 Å². The molecular weight excluding hydrogens is 234 g/mol. The fourth-order valence-electron chi connectivity index (χ4n) is 1.48. The maximum atomic E-state index is 5.61. The van der Waals surface area contributed by atoms with E-state index in [1.54, 1.807) is 6.07 Å². The summed E-state index contributed by atoms with van der Waals surface area (Å²) in [5, 5.41) is 1.58. The van der Waals surface area contributed by atoms with Crippen molar-refractivity contribution in [2.45, 2.75) is 23.9 Å². The smallest absolute Gasteiger partial charge is 0.223 e. The van der Waals surface area contributed by atoms with Gasteiger partial charge in [-0.2, -0.15) is 4.98 Å². The number of aryl methyl sites for hydroxylation is 2. The molecule has 0 fully saturated rings. The normalized spacial score (nSPS) is 10.5. The third kappa shape index (κ3) is 3.07. The van der Waals surface area contributed by atoms with Gasteiger partial charge in [-0.25, -0.2) is 9.97 Å². The molecule has 17 heavy (non-hydrogen) atoms. The van der Waals surface area contributed by atoms with Crippen molar-refractivity contribution in [1.82, 2.24) is 15.0 Å². The van der Waals surface area contributed by atoms with Gasteiger partial charge in [-0.3, -0.25) is 0 Å². The van der Waals surface area contributed by atoms with Crippen LogP contribution in [0.5, 0.6) is 0 Å². The first-order chi connectivity index (χ1) is 8.02. The largest absolute Gasteiger partial charge is 0.383 e. The van der Waals surface area contributed by atoms with Crippen molar-refractivity contribution in [3.05, 3.63) is 29.5 Å². The van der Waals surface area contributed by atoms with Gasteiger partial charge in [0.1, 0.15) is 15.9 Å². The number of anilines is 2. The number of rotatable bonds is 2. The molecule has 88 valence electrons. The van der Waals surface area contributed by atoms with Crippen LogP contribution in [-0.2, 0) is 0 Å². The molecule has 2 heterocycles. The molecule has 0 bridgehead atoms. The second-order valence-electron chi connectivity index (χ2n) is 3.72. The predicted octanol–water partition coefficient (Wildman–Crippen LogP) is 1.80. The molecule has 6 heteroatoms. The van der Waals surface area contributed by atoms with E-state index in [2.05, 4.69) is 15.0 Å². The average Bonchev–Trinajstić information content (AvgIpc) is 2.13. The second-order valence-corrected chi connectivity index (χ2v) is 4.76. The molecule has 2 rings (SSSR count). The van der Waals surface area contributed by atoms with Crippen LogP contribution >= 0.6 is 11.8 Å². The van der Waals surface area contributed by atoms with E-state index in [1.165, 1.54) is 11.8 Å². The van der Waals surface area contributed by atoms with Gasteiger partial charge in [0.05, 0.1) is 0 Å². The van der Waals surface area contributed by atoms with Crippen LogP contribution in [0, 0.1) is 13.8 Å². The first-order valence-corrected chi connectivity index (χ1v) is 5.88. The molecule has 0 aliphatic rings. The van der Waals surface area contributed by atoms with Gasteiger partial charge in [0.2, 0.25) is 5.95 Å². The van der Waals surface area contributed by atoms with Crippen LogP contribution in [0.15, 0.2) is 28.3 Å². The van der Waals surface area contributed by atoms with Gasteiger partial charge in [-0.05, 0) is 43.3 Å². The number of nitrogens with two attached hydrogens (primary N) is 2. The Hall–Kier alpha value is -1.82. The maximum absolute atomic E-state index is 5.61. The molecule has 0 aliphatic carbocycles. The lowest BCUT2D eigenvalue weighted by Gasteiger charge is -2.04. The summed E-state index contributed by atoms with van der Waals surface area (Å²) in [5.41, 5.74) is 13.3. The third-order valence-electron chi connectivity index (χ3n) is 2.02. The van der Waals surface area contributed by atoms with E-state index in [9.17, 15) is 0 Å². The van der Waals surface area contributed by atoms with Crippen LogP contribution in [0.3, 0.4) is 0 Å². The van der Waals surface area contributed by atoms with E-state index in [-0.39, 0.29) is 5.95 Å². The zero-order valence-electron chi connectivity index (χ0n) is 9.64. The Morgan fingerprint density at radius 3 is 2.29 bits per heavy atom. The van der Waals surface area contributed by atoms with Crippen molar-refractivity contribution in [2.24, 2.45) is 0 Å². The number of hydrogen-bond acceptors (Lipinski definition) is 6. The van der Waals surface area contributed by atoms with Gasteiger partial charge in [-0.15, -0.1) is 0 Å². The molecule has 0 unspecified atom stereocenters. The number of nitrogens with zero attached hydrogens (tertiary/aromatic N) is 3. The molecule has 0 atom stereocenters. The molecule has 0 aromatic carbocycles. The highest BCUT2D eigenvalue weighted by Crippen LogP contribution is 2.26. The lowest BCUT2D eigenvalue weighted by atomic mass is 10.3. The summed E-state index contributed by atoms with van der Waals surface area (Å²) in [6.07, 6.45) is 0. The average molecular weight is 247 g/mol. The molecule has 4 N–H and O–H groups in total. The molecule has 2 aromatic rings. The SMILES string of the molecule is Cc1cc(C)nc(Sc2cc(N)nc(N)n2)c1. The molecule has 0 radical (unpaired) electrons. The number of pyridine rings is 1. The van der Waals surface area contributed by atoms with Crippen molar-refractivity contribution in [1.29, 1.82) is 0 Å². The van der Waals surface area contributed by atoms with E-state index in [4.69, 9.17) is 11.5 Å². The van der Waals surface area contributed by atoms with Crippen molar-refractivity contribution in [3.63, 3.8) is 0 Å². The predicted molar refractivity (Wildman–Crippen MR) is 68.7 cm³/mol. The number of aromatic nitrogens is 3. The monoisotopic (exact) mass is 247 g/mol. The maximum Gasteiger partial charge on any atom is 0.223 e. The molecular formula is C11H13N5S. The molecule has 5 nitrogen and oxygen atoms in total. The van der Waals surface area contributed by atoms with Gasteiger partial charge >= 0.3 is 0 Å². The highest BCUT2D eigenvalue weighted by atomic mass is 32.2. The summed E-state index contributed by atoms with van der Waals surface area (Å²) >= 11 is 1.42. The summed E-state index contributed by atoms with van der Waals surface area (Å²) in [5.74, 6) is 0.543. The molecule has 0 spiro atoms. The fraction of sp³-hybridized carbons (Fsp3) is 0.182. The Morgan fingerprint density at radius 2 is 1.65 bits per heavy atom. The Kier molecular flexibility index (Phi) is 3.14. The summed E-state index contributed by atoms with van der Waals surface area (Å²) in [7, 11) is 0.